The van der Waals surface area contributed by atoms with E-state index in [4.69, 9.17) is 0 Å². The summed E-state index contributed by atoms with van der Waals surface area (Å²) in [5, 5.41) is 3.91. The van der Waals surface area contributed by atoms with Crippen molar-refractivity contribution in [2.75, 3.05) is 4.72 Å². The van der Waals surface area contributed by atoms with Crippen molar-refractivity contribution in [2.24, 2.45) is 7.05 Å². The van der Waals surface area contributed by atoms with E-state index in [9.17, 15) is 17.2 Å². The predicted octanol–water partition coefficient (Wildman–Crippen LogP) is 1.74. The number of hydrogen-bond donors (Lipinski definition) is 2. The van der Waals surface area contributed by atoms with Crippen LogP contribution in [0.25, 0.3) is 11.0 Å². The van der Waals surface area contributed by atoms with E-state index in [1.54, 1.807) is 0 Å². The molecule has 11 heteroatoms. The average molecular weight is 342 g/mol. The molecule has 0 aliphatic carbocycles. The Morgan fingerprint density at radius 2 is 2.13 bits per heavy atom. The van der Waals surface area contributed by atoms with E-state index in [0.717, 1.165) is 0 Å². The van der Waals surface area contributed by atoms with Crippen molar-refractivity contribution in [3.8, 4) is 0 Å². The van der Waals surface area contributed by atoms with Gasteiger partial charge in [-0.3, -0.25) is 9.40 Å². The summed E-state index contributed by atoms with van der Waals surface area (Å²) < 4.78 is 54.6. The normalized spacial score (nSPS) is 12.2. The van der Waals surface area contributed by atoms with Crippen molar-refractivity contribution >= 4 is 26.7 Å². The van der Waals surface area contributed by atoms with Crippen molar-refractivity contribution in [1.29, 1.82) is 0 Å². The number of hydrogen-bond acceptors (Lipinski definition) is 5. The smallest absolute Gasteiger partial charge is 0.284 e. The van der Waals surface area contributed by atoms with E-state index in [0.29, 0.717) is 5.65 Å². The zero-order valence-electron chi connectivity index (χ0n) is 12.1. The molecule has 0 aromatic carbocycles. The van der Waals surface area contributed by atoms with Gasteiger partial charge in [0.05, 0.1) is 16.8 Å². The minimum Gasteiger partial charge on any atom is -0.345 e. The SMILES string of the molecule is Cc1c(NS(=O)(=O)c2c[nH]c3ncncc23)c(C(F)F)nn1C. The first kappa shape index (κ1) is 15.3. The van der Waals surface area contributed by atoms with Crippen LogP contribution in [0.2, 0.25) is 0 Å². The maximum absolute atomic E-state index is 13.1. The van der Waals surface area contributed by atoms with Crippen LogP contribution in [0.3, 0.4) is 0 Å². The van der Waals surface area contributed by atoms with E-state index < -0.39 is 22.1 Å². The van der Waals surface area contributed by atoms with Crippen molar-refractivity contribution in [1.82, 2.24) is 24.7 Å². The number of nitrogens with zero attached hydrogens (tertiary/aromatic N) is 4. The Bertz CT molecular complexity index is 979. The van der Waals surface area contributed by atoms with Gasteiger partial charge in [-0.2, -0.15) is 5.10 Å². The van der Waals surface area contributed by atoms with Gasteiger partial charge in [0, 0.05) is 19.4 Å². The first-order valence-corrected chi connectivity index (χ1v) is 7.91. The van der Waals surface area contributed by atoms with E-state index in [1.807, 2.05) is 0 Å². The van der Waals surface area contributed by atoms with E-state index in [1.165, 1.54) is 37.4 Å². The van der Waals surface area contributed by atoms with Gasteiger partial charge in [-0.15, -0.1) is 0 Å². The van der Waals surface area contributed by atoms with E-state index >= 15 is 0 Å². The number of H-pyrrole nitrogens is 1. The summed E-state index contributed by atoms with van der Waals surface area (Å²) >= 11 is 0. The molecule has 3 heterocycles. The van der Waals surface area contributed by atoms with Crippen LogP contribution in [0, 0.1) is 6.92 Å². The van der Waals surface area contributed by atoms with E-state index in [2.05, 4.69) is 24.8 Å². The van der Waals surface area contributed by atoms with Crippen LogP contribution in [-0.4, -0.2) is 33.2 Å². The lowest BCUT2D eigenvalue weighted by Gasteiger charge is -2.08. The molecule has 0 saturated heterocycles. The molecular formula is C12H12F2N6O2S. The van der Waals surface area contributed by atoms with Crippen LogP contribution in [0.4, 0.5) is 14.5 Å². The minimum atomic E-state index is -4.11. The van der Waals surface area contributed by atoms with Gasteiger partial charge in [-0.1, -0.05) is 0 Å². The monoisotopic (exact) mass is 342 g/mol. The molecule has 8 nitrogen and oxygen atoms in total. The summed E-state index contributed by atoms with van der Waals surface area (Å²) in [5.41, 5.74) is -0.240. The largest absolute Gasteiger partial charge is 0.345 e. The zero-order valence-corrected chi connectivity index (χ0v) is 12.9. The Labute approximate surface area is 129 Å². The summed E-state index contributed by atoms with van der Waals surface area (Å²) in [7, 11) is -2.65. The van der Waals surface area contributed by atoms with Crippen molar-refractivity contribution in [2.45, 2.75) is 18.2 Å². The maximum atomic E-state index is 13.1. The third kappa shape index (κ3) is 2.52. The van der Waals surface area contributed by atoms with Crippen LogP contribution in [0.5, 0.6) is 0 Å². The molecule has 0 spiro atoms. The number of aromatic amines is 1. The molecule has 0 saturated carbocycles. The highest BCUT2D eigenvalue weighted by molar-refractivity contribution is 7.93. The molecule has 0 bridgehead atoms. The Morgan fingerprint density at radius 1 is 1.39 bits per heavy atom. The molecule has 3 aromatic heterocycles. The quantitative estimate of drug-likeness (QED) is 0.751. The number of anilines is 1. The van der Waals surface area contributed by atoms with Gasteiger partial charge in [-0.25, -0.2) is 27.2 Å². The van der Waals surface area contributed by atoms with Gasteiger partial charge in [0.25, 0.3) is 16.4 Å². The maximum Gasteiger partial charge on any atom is 0.284 e. The second kappa shape index (κ2) is 5.26. The van der Waals surface area contributed by atoms with E-state index in [-0.39, 0.29) is 21.7 Å². The third-order valence-corrected chi connectivity index (χ3v) is 4.80. The Balaban J connectivity index is 2.09. The van der Waals surface area contributed by atoms with Crippen LogP contribution in [0.1, 0.15) is 17.8 Å². The highest BCUT2D eigenvalue weighted by Gasteiger charge is 2.27. The molecule has 23 heavy (non-hydrogen) atoms. The minimum absolute atomic E-state index is 0.128. The van der Waals surface area contributed by atoms with Gasteiger partial charge < -0.3 is 4.98 Å². The summed E-state index contributed by atoms with van der Waals surface area (Å²) in [6.07, 6.45) is 0.925. The number of fused-ring (bicyclic) bond motifs is 1. The number of alkyl halides is 2. The molecule has 0 aliphatic rings. The lowest BCUT2D eigenvalue weighted by atomic mass is 10.3. The summed E-state index contributed by atoms with van der Waals surface area (Å²) in [6, 6.07) is 0. The van der Waals surface area contributed by atoms with Crippen molar-refractivity contribution < 1.29 is 17.2 Å². The average Bonchev–Trinajstić information content (AvgIpc) is 3.04. The van der Waals surface area contributed by atoms with Gasteiger partial charge in [0.15, 0.2) is 5.69 Å². The highest BCUT2D eigenvalue weighted by atomic mass is 32.2. The van der Waals surface area contributed by atoms with Crippen molar-refractivity contribution in [3.05, 3.63) is 30.1 Å². The first-order valence-electron chi connectivity index (χ1n) is 6.43. The van der Waals surface area contributed by atoms with Gasteiger partial charge >= 0.3 is 0 Å². The van der Waals surface area contributed by atoms with Crippen LogP contribution < -0.4 is 4.72 Å². The fraction of sp³-hybridized carbons (Fsp3) is 0.250. The van der Waals surface area contributed by atoms with Crippen molar-refractivity contribution in [3.63, 3.8) is 0 Å². The summed E-state index contributed by atoms with van der Waals surface area (Å²) in [6.45, 7) is 1.50. The van der Waals surface area contributed by atoms with Crippen LogP contribution in [-0.2, 0) is 17.1 Å². The second-order valence-electron chi connectivity index (χ2n) is 4.81. The number of sulfonamides is 1. The molecule has 122 valence electrons. The molecule has 0 amide bonds. The highest BCUT2D eigenvalue weighted by Crippen LogP contribution is 2.31. The Hall–Kier alpha value is -2.56. The third-order valence-electron chi connectivity index (χ3n) is 3.41. The number of halogens is 2. The first-order chi connectivity index (χ1) is 10.8. The molecule has 0 aliphatic heterocycles. The summed E-state index contributed by atoms with van der Waals surface area (Å²) in [5.74, 6) is 0. The zero-order chi connectivity index (χ0) is 16.8. The van der Waals surface area contributed by atoms with Gasteiger partial charge in [-0.05, 0) is 6.92 Å². The molecule has 3 aromatic rings. The molecule has 3 rings (SSSR count). The number of aromatic nitrogens is 5. The Morgan fingerprint density at radius 3 is 2.83 bits per heavy atom. The molecule has 0 fully saturated rings. The van der Waals surface area contributed by atoms with Crippen LogP contribution >= 0.6 is 0 Å². The van der Waals surface area contributed by atoms with Crippen LogP contribution in [0.15, 0.2) is 23.6 Å². The molecular weight excluding hydrogens is 330 g/mol. The molecule has 0 unspecified atom stereocenters. The Kier molecular flexibility index (Phi) is 3.51. The fourth-order valence-electron chi connectivity index (χ4n) is 2.16. The topological polar surface area (TPSA) is 106 Å². The fourth-order valence-corrected chi connectivity index (χ4v) is 3.44. The van der Waals surface area contributed by atoms with Gasteiger partial charge in [0.2, 0.25) is 0 Å². The lowest BCUT2D eigenvalue weighted by molar-refractivity contribution is 0.146. The lowest BCUT2D eigenvalue weighted by Crippen LogP contribution is -2.14. The molecule has 2 N–H and O–H groups in total. The number of aryl methyl sites for hydroxylation is 1. The predicted molar refractivity (Wildman–Crippen MR) is 77.6 cm³/mol. The molecule has 0 radical (unpaired) electrons. The number of nitrogens with one attached hydrogen (secondary N) is 2. The number of rotatable bonds is 4. The second-order valence-corrected chi connectivity index (χ2v) is 6.46. The summed E-state index contributed by atoms with van der Waals surface area (Å²) in [4.78, 5) is 10.2. The molecule has 0 atom stereocenters. The van der Waals surface area contributed by atoms with Gasteiger partial charge in [0.1, 0.15) is 16.9 Å². The standard InChI is InChI=1S/C12H12F2N6O2S/c1-6-9(10(11(13)14)18-20(6)2)19-23(21,22)8-4-16-12-7(8)3-15-5-17-12/h3-5,11,19H,1-2H3,(H,15,16,17).